The lowest BCUT2D eigenvalue weighted by Gasteiger charge is -2.11. The summed E-state index contributed by atoms with van der Waals surface area (Å²) in [5.41, 5.74) is 6.54. The van der Waals surface area contributed by atoms with Crippen LogP contribution in [0.4, 0.5) is 0 Å². The molecular weight excluding hydrogens is 264 g/mol. The number of rotatable bonds is 4. The average molecular weight is 282 g/mol. The fraction of sp³-hybridized carbons (Fsp3) is 0.235. The average Bonchev–Trinajstić information content (AvgIpc) is 3.05. The van der Waals surface area contributed by atoms with Gasteiger partial charge >= 0.3 is 0 Å². The third-order valence-electron chi connectivity index (χ3n) is 3.67. The highest BCUT2D eigenvalue weighted by Crippen LogP contribution is 2.30. The largest absolute Gasteiger partial charge is 0.493 e. The zero-order valence-corrected chi connectivity index (χ0v) is 12.2. The number of nitrogens with zero attached hydrogens (tertiary/aromatic N) is 1. The number of nitrogens with one attached hydrogen (secondary N) is 1. The van der Waals surface area contributed by atoms with Gasteiger partial charge in [0.2, 0.25) is 0 Å². The van der Waals surface area contributed by atoms with Gasteiger partial charge in [-0.25, -0.2) is 0 Å². The molecule has 0 bridgehead atoms. The zero-order chi connectivity index (χ0) is 14.7. The van der Waals surface area contributed by atoms with E-state index in [1.54, 1.807) is 14.2 Å². The predicted molar refractivity (Wildman–Crippen MR) is 83.0 cm³/mol. The van der Waals surface area contributed by atoms with Crippen molar-refractivity contribution in [3.8, 4) is 11.5 Å². The van der Waals surface area contributed by atoms with Crippen LogP contribution >= 0.6 is 0 Å². The number of ether oxygens (including phenoxy) is 2. The summed E-state index contributed by atoms with van der Waals surface area (Å²) in [5, 5.41) is 4.46. The summed E-state index contributed by atoms with van der Waals surface area (Å²) in [5.74, 6) is 1.45. The summed E-state index contributed by atoms with van der Waals surface area (Å²) < 4.78 is 10.6. The quantitative estimate of drug-likeness (QED) is 0.936. The van der Waals surface area contributed by atoms with E-state index in [0.29, 0.717) is 0 Å². The Balaban J connectivity index is 1.80. The molecule has 0 aromatic heterocycles. The highest BCUT2D eigenvalue weighted by atomic mass is 16.5. The first-order chi connectivity index (χ1) is 10.3. The zero-order valence-electron chi connectivity index (χ0n) is 12.2. The third-order valence-corrected chi connectivity index (χ3v) is 3.67. The van der Waals surface area contributed by atoms with Crippen molar-refractivity contribution in [1.29, 1.82) is 0 Å². The minimum absolute atomic E-state index is 0.231. The van der Waals surface area contributed by atoms with E-state index in [4.69, 9.17) is 9.47 Å². The molecule has 0 unspecified atom stereocenters. The molecule has 1 aliphatic heterocycles. The number of benzene rings is 2. The van der Waals surface area contributed by atoms with Gasteiger partial charge < -0.3 is 14.9 Å². The summed E-state index contributed by atoms with van der Waals surface area (Å²) in [7, 11) is 3.28. The van der Waals surface area contributed by atoms with Crippen LogP contribution in [0.25, 0.3) is 0 Å². The molecule has 108 valence electrons. The Kier molecular flexibility index (Phi) is 3.77. The lowest BCUT2D eigenvalue weighted by Crippen LogP contribution is -2.09. The van der Waals surface area contributed by atoms with Crippen molar-refractivity contribution < 1.29 is 9.47 Å². The van der Waals surface area contributed by atoms with Crippen LogP contribution in [0.2, 0.25) is 0 Å². The monoisotopic (exact) mass is 282 g/mol. The minimum atomic E-state index is 0.231. The molecule has 1 atom stereocenters. The van der Waals surface area contributed by atoms with Gasteiger partial charge in [0.25, 0.3) is 0 Å². The first-order valence-electron chi connectivity index (χ1n) is 6.91. The van der Waals surface area contributed by atoms with Gasteiger partial charge in [0.05, 0.1) is 26.0 Å². The maximum Gasteiger partial charge on any atom is 0.161 e. The van der Waals surface area contributed by atoms with Crippen LogP contribution in [0.5, 0.6) is 11.5 Å². The van der Waals surface area contributed by atoms with Gasteiger partial charge in [0.15, 0.2) is 11.5 Å². The van der Waals surface area contributed by atoms with E-state index in [1.165, 1.54) is 5.56 Å². The first-order valence-corrected chi connectivity index (χ1v) is 6.91. The number of hydrogen-bond acceptors (Lipinski definition) is 4. The van der Waals surface area contributed by atoms with Crippen molar-refractivity contribution in [2.24, 2.45) is 5.10 Å². The normalized spacial score (nSPS) is 17.0. The number of hydrogen-bond donors (Lipinski definition) is 1. The van der Waals surface area contributed by atoms with Crippen LogP contribution in [-0.4, -0.2) is 19.9 Å². The summed E-state index contributed by atoms with van der Waals surface area (Å²) >= 11 is 0. The van der Waals surface area contributed by atoms with Crippen LogP contribution in [-0.2, 0) is 0 Å². The molecule has 0 radical (unpaired) electrons. The fourth-order valence-electron chi connectivity index (χ4n) is 2.52. The van der Waals surface area contributed by atoms with Crippen LogP contribution in [0.3, 0.4) is 0 Å². The van der Waals surface area contributed by atoms with Crippen molar-refractivity contribution in [2.75, 3.05) is 14.2 Å². The van der Waals surface area contributed by atoms with Crippen molar-refractivity contribution in [2.45, 2.75) is 12.5 Å². The van der Waals surface area contributed by atoms with Gasteiger partial charge in [-0.2, -0.15) is 5.10 Å². The Bertz CT molecular complexity index is 653. The van der Waals surface area contributed by atoms with Gasteiger partial charge in [0, 0.05) is 12.0 Å². The third kappa shape index (κ3) is 2.70. The van der Waals surface area contributed by atoms with E-state index in [9.17, 15) is 0 Å². The summed E-state index contributed by atoms with van der Waals surface area (Å²) in [6.07, 6.45) is 0.861. The highest BCUT2D eigenvalue weighted by Gasteiger charge is 2.21. The van der Waals surface area contributed by atoms with Gasteiger partial charge in [0.1, 0.15) is 0 Å². The van der Waals surface area contributed by atoms with Crippen molar-refractivity contribution in [3.05, 3.63) is 59.7 Å². The summed E-state index contributed by atoms with van der Waals surface area (Å²) in [6, 6.07) is 16.5. The van der Waals surface area contributed by atoms with E-state index in [1.807, 2.05) is 36.4 Å². The van der Waals surface area contributed by atoms with E-state index in [-0.39, 0.29) is 6.04 Å². The molecule has 2 aromatic carbocycles. The van der Waals surface area contributed by atoms with Gasteiger partial charge in [-0.15, -0.1) is 0 Å². The molecule has 0 spiro atoms. The Labute approximate surface area is 124 Å². The topological polar surface area (TPSA) is 42.8 Å². The molecule has 1 aliphatic rings. The molecule has 21 heavy (non-hydrogen) atoms. The number of methoxy groups -OCH3 is 2. The standard InChI is InChI=1S/C17H18N2O2/c1-20-16-9-8-13(10-17(16)21-2)15-11-14(18-19-15)12-6-4-3-5-7-12/h3-10,14,18H,11H2,1-2H3/t14-/m0/s1. The molecule has 3 rings (SSSR count). The Hall–Kier alpha value is -2.49. The first kappa shape index (κ1) is 13.5. The van der Waals surface area contributed by atoms with Crippen molar-refractivity contribution in [3.63, 3.8) is 0 Å². The molecule has 0 fully saturated rings. The minimum Gasteiger partial charge on any atom is -0.493 e. The Morgan fingerprint density at radius 2 is 1.76 bits per heavy atom. The molecular formula is C17H18N2O2. The molecule has 4 heteroatoms. The van der Waals surface area contributed by atoms with Crippen molar-refractivity contribution in [1.82, 2.24) is 5.43 Å². The summed E-state index contributed by atoms with van der Waals surface area (Å²) in [4.78, 5) is 0. The highest BCUT2D eigenvalue weighted by molar-refractivity contribution is 6.02. The van der Waals surface area contributed by atoms with E-state index < -0.39 is 0 Å². The SMILES string of the molecule is COc1ccc(C2=NN[C@H](c3ccccc3)C2)cc1OC. The molecule has 0 aliphatic carbocycles. The molecule has 1 heterocycles. The van der Waals surface area contributed by atoms with E-state index >= 15 is 0 Å². The second-order valence-electron chi connectivity index (χ2n) is 4.92. The lowest BCUT2D eigenvalue weighted by atomic mass is 9.99. The molecule has 0 amide bonds. The maximum absolute atomic E-state index is 5.35. The van der Waals surface area contributed by atoms with Crippen LogP contribution in [0, 0.1) is 0 Å². The second kappa shape index (κ2) is 5.87. The molecule has 0 saturated heterocycles. The predicted octanol–water partition coefficient (Wildman–Crippen LogP) is 3.14. The Morgan fingerprint density at radius 3 is 2.48 bits per heavy atom. The molecule has 4 nitrogen and oxygen atoms in total. The molecule has 2 aromatic rings. The van der Waals surface area contributed by atoms with Crippen molar-refractivity contribution >= 4 is 5.71 Å². The van der Waals surface area contributed by atoms with E-state index in [0.717, 1.165) is 29.2 Å². The summed E-state index contributed by atoms with van der Waals surface area (Å²) in [6.45, 7) is 0. The fourth-order valence-corrected chi connectivity index (χ4v) is 2.52. The lowest BCUT2D eigenvalue weighted by molar-refractivity contribution is 0.355. The smallest absolute Gasteiger partial charge is 0.161 e. The van der Waals surface area contributed by atoms with Gasteiger partial charge in [-0.1, -0.05) is 30.3 Å². The second-order valence-corrected chi connectivity index (χ2v) is 4.92. The van der Waals surface area contributed by atoms with Crippen LogP contribution in [0.15, 0.2) is 53.6 Å². The Morgan fingerprint density at radius 1 is 1.00 bits per heavy atom. The molecule has 0 saturated carbocycles. The van der Waals surface area contributed by atoms with Gasteiger partial charge in [-0.3, -0.25) is 0 Å². The molecule has 1 N–H and O–H groups in total. The number of hydrazone groups is 1. The van der Waals surface area contributed by atoms with Crippen LogP contribution < -0.4 is 14.9 Å². The van der Waals surface area contributed by atoms with E-state index in [2.05, 4.69) is 22.7 Å². The van der Waals surface area contributed by atoms with Gasteiger partial charge in [-0.05, 0) is 23.8 Å². The maximum atomic E-state index is 5.35. The van der Waals surface area contributed by atoms with Crippen LogP contribution in [0.1, 0.15) is 23.6 Å².